The first-order valence-corrected chi connectivity index (χ1v) is 10.6. The molecule has 0 unspecified atom stereocenters. The van der Waals surface area contributed by atoms with Crippen molar-refractivity contribution in [3.8, 4) is 0 Å². The van der Waals surface area contributed by atoms with Gasteiger partial charge < -0.3 is 10.6 Å². The van der Waals surface area contributed by atoms with Gasteiger partial charge in [-0.15, -0.1) is 11.8 Å². The molecule has 2 rings (SSSR count). The summed E-state index contributed by atoms with van der Waals surface area (Å²) in [6.45, 7) is 4.53. The first-order valence-electron chi connectivity index (χ1n) is 9.64. The van der Waals surface area contributed by atoms with E-state index in [1.807, 2.05) is 13.8 Å². The van der Waals surface area contributed by atoms with E-state index in [0.29, 0.717) is 12.5 Å². The van der Waals surface area contributed by atoms with Crippen molar-refractivity contribution in [1.29, 1.82) is 0 Å². The number of alkyl halides is 3. The third kappa shape index (κ3) is 7.26. The summed E-state index contributed by atoms with van der Waals surface area (Å²) in [5, 5.41) is 16.3. The molecule has 32 heavy (non-hydrogen) atoms. The normalized spacial score (nSPS) is 11.3. The molecule has 0 heterocycles. The standard InChI is InChI=1S/C21H22F3N3O4S/c1-13(2)9-10-25-19(28)12-32-18-8-7-14(11-17(18)27(30)31)20(29)26-16-6-4-3-5-15(16)21(22,23)24/h3-8,11,13H,9-10,12H2,1-2H3,(H,25,28)(H,26,29). The van der Waals surface area contributed by atoms with Gasteiger partial charge in [-0.05, 0) is 36.6 Å². The lowest BCUT2D eigenvalue weighted by Gasteiger charge is -2.13. The van der Waals surface area contributed by atoms with E-state index in [-0.39, 0.29) is 22.1 Å². The molecule has 2 aromatic carbocycles. The number of hydrogen-bond acceptors (Lipinski definition) is 5. The van der Waals surface area contributed by atoms with Crippen LogP contribution in [0.15, 0.2) is 47.4 Å². The molecule has 172 valence electrons. The molecule has 0 bridgehead atoms. The highest BCUT2D eigenvalue weighted by Crippen LogP contribution is 2.35. The highest BCUT2D eigenvalue weighted by atomic mass is 32.2. The fourth-order valence-corrected chi connectivity index (χ4v) is 3.49. The third-order valence-electron chi connectivity index (χ3n) is 4.30. The van der Waals surface area contributed by atoms with Crippen molar-refractivity contribution in [3.05, 3.63) is 63.7 Å². The number of hydrogen-bond donors (Lipinski definition) is 2. The summed E-state index contributed by atoms with van der Waals surface area (Å²) in [6, 6.07) is 7.98. The van der Waals surface area contributed by atoms with Crippen LogP contribution in [0.3, 0.4) is 0 Å². The minimum Gasteiger partial charge on any atom is -0.355 e. The van der Waals surface area contributed by atoms with Crippen LogP contribution in [0.25, 0.3) is 0 Å². The Kier molecular flexibility index (Phi) is 8.64. The average Bonchev–Trinajstić information content (AvgIpc) is 2.71. The molecule has 11 heteroatoms. The maximum atomic E-state index is 13.1. The summed E-state index contributed by atoms with van der Waals surface area (Å²) in [5.74, 6) is -0.835. The van der Waals surface area contributed by atoms with E-state index < -0.39 is 33.9 Å². The number of benzene rings is 2. The van der Waals surface area contributed by atoms with Crippen molar-refractivity contribution in [1.82, 2.24) is 5.32 Å². The molecule has 0 aliphatic rings. The minimum absolute atomic E-state index is 0.0521. The predicted octanol–water partition coefficient (Wildman–Crippen LogP) is 5.12. The molecule has 0 radical (unpaired) electrons. The third-order valence-corrected chi connectivity index (χ3v) is 5.36. The van der Waals surface area contributed by atoms with E-state index in [1.54, 1.807) is 0 Å². The van der Waals surface area contributed by atoms with E-state index >= 15 is 0 Å². The lowest BCUT2D eigenvalue weighted by Crippen LogP contribution is -2.26. The number of carbonyl (C=O) groups excluding carboxylic acids is 2. The number of nitrogens with one attached hydrogen (secondary N) is 2. The van der Waals surface area contributed by atoms with Gasteiger partial charge >= 0.3 is 6.18 Å². The van der Waals surface area contributed by atoms with E-state index in [0.717, 1.165) is 36.4 Å². The van der Waals surface area contributed by atoms with Gasteiger partial charge in [0.15, 0.2) is 0 Å². The van der Waals surface area contributed by atoms with Crippen molar-refractivity contribution >= 4 is 35.0 Å². The summed E-state index contributed by atoms with van der Waals surface area (Å²) < 4.78 is 39.3. The number of para-hydroxylation sites is 1. The number of amides is 2. The second-order valence-electron chi connectivity index (χ2n) is 7.26. The van der Waals surface area contributed by atoms with Crippen LogP contribution >= 0.6 is 11.8 Å². The number of rotatable bonds is 9. The van der Waals surface area contributed by atoms with E-state index in [2.05, 4.69) is 10.6 Å². The maximum Gasteiger partial charge on any atom is 0.418 e. The Hall–Kier alpha value is -3.08. The number of nitro benzene ring substituents is 1. The second kappa shape index (κ2) is 11.0. The molecule has 0 saturated carbocycles. The van der Waals surface area contributed by atoms with Gasteiger partial charge in [-0.2, -0.15) is 13.2 Å². The lowest BCUT2D eigenvalue weighted by atomic mass is 10.1. The molecule has 7 nitrogen and oxygen atoms in total. The Morgan fingerprint density at radius 1 is 1.16 bits per heavy atom. The molecule has 0 saturated heterocycles. The van der Waals surface area contributed by atoms with Crippen molar-refractivity contribution in [2.45, 2.75) is 31.3 Å². The first-order chi connectivity index (χ1) is 15.0. The molecule has 0 spiro atoms. The van der Waals surface area contributed by atoms with Gasteiger partial charge in [0.05, 0.1) is 26.8 Å². The number of nitrogens with zero attached hydrogens (tertiary/aromatic N) is 1. The quantitative estimate of drug-likeness (QED) is 0.302. The van der Waals surface area contributed by atoms with Crippen LogP contribution in [0.2, 0.25) is 0 Å². The Labute approximate surface area is 186 Å². The maximum absolute atomic E-state index is 13.1. The molecule has 2 N–H and O–H groups in total. The number of halogens is 3. The highest BCUT2D eigenvalue weighted by molar-refractivity contribution is 8.00. The average molecular weight is 469 g/mol. The summed E-state index contributed by atoms with van der Waals surface area (Å²) in [5.41, 5.74) is -2.08. The molecular formula is C21H22F3N3O4S. The Morgan fingerprint density at radius 3 is 2.47 bits per heavy atom. The zero-order valence-corrected chi connectivity index (χ0v) is 18.2. The van der Waals surface area contributed by atoms with Crippen LogP contribution in [-0.2, 0) is 11.0 Å². The number of anilines is 1. The van der Waals surface area contributed by atoms with Crippen molar-refractivity contribution < 1.29 is 27.7 Å². The van der Waals surface area contributed by atoms with Gasteiger partial charge in [0.25, 0.3) is 11.6 Å². The van der Waals surface area contributed by atoms with Crippen LogP contribution in [-0.4, -0.2) is 29.0 Å². The first kappa shape index (κ1) is 25.2. The van der Waals surface area contributed by atoms with Crippen molar-refractivity contribution in [3.63, 3.8) is 0 Å². The van der Waals surface area contributed by atoms with Gasteiger partial charge in [0.2, 0.25) is 5.91 Å². The SMILES string of the molecule is CC(C)CCNC(=O)CSc1ccc(C(=O)Nc2ccccc2C(F)(F)F)cc1[N+](=O)[O-]. The summed E-state index contributed by atoms with van der Waals surface area (Å²) in [4.78, 5) is 35.3. The fraction of sp³-hybridized carbons (Fsp3) is 0.333. The van der Waals surface area contributed by atoms with E-state index in [9.17, 15) is 32.9 Å². The van der Waals surface area contributed by atoms with Crippen LogP contribution < -0.4 is 10.6 Å². The molecule has 2 amide bonds. The van der Waals surface area contributed by atoms with E-state index in [4.69, 9.17) is 0 Å². The molecule has 2 aromatic rings. The van der Waals surface area contributed by atoms with Crippen LogP contribution in [0.5, 0.6) is 0 Å². The monoisotopic (exact) mass is 469 g/mol. The van der Waals surface area contributed by atoms with Crippen molar-refractivity contribution in [2.75, 3.05) is 17.6 Å². The zero-order chi connectivity index (χ0) is 23.9. The largest absolute Gasteiger partial charge is 0.418 e. The molecule has 0 atom stereocenters. The molecule has 0 aromatic heterocycles. The van der Waals surface area contributed by atoms with Crippen LogP contribution in [0.1, 0.15) is 36.2 Å². The van der Waals surface area contributed by atoms with Gasteiger partial charge in [-0.25, -0.2) is 0 Å². The van der Waals surface area contributed by atoms with E-state index in [1.165, 1.54) is 24.3 Å². The molecular weight excluding hydrogens is 447 g/mol. The Balaban J connectivity index is 2.13. The number of nitro groups is 1. The van der Waals surface area contributed by atoms with Crippen LogP contribution in [0, 0.1) is 16.0 Å². The van der Waals surface area contributed by atoms with Gasteiger partial charge in [0, 0.05) is 18.2 Å². The minimum atomic E-state index is -4.67. The highest BCUT2D eigenvalue weighted by Gasteiger charge is 2.33. The molecule has 0 aliphatic heterocycles. The molecule has 0 fully saturated rings. The zero-order valence-electron chi connectivity index (χ0n) is 17.4. The smallest absolute Gasteiger partial charge is 0.355 e. The topological polar surface area (TPSA) is 101 Å². The van der Waals surface area contributed by atoms with Crippen molar-refractivity contribution in [2.24, 2.45) is 5.92 Å². The Bertz CT molecular complexity index is 996. The second-order valence-corrected chi connectivity index (χ2v) is 8.28. The summed E-state index contributed by atoms with van der Waals surface area (Å²) in [7, 11) is 0. The molecule has 0 aliphatic carbocycles. The number of thioether (sulfide) groups is 1. The Morgan fingerprint density at radius 2 is 1.84 bits per heavy atom. The van der Waals surface area contributed by atoms with Crippen LogP contribution in [0.4, 0.5) is 24.5 Å². The van der Waals surface area contributed by atoms with Gasteiger partial charge in [-0.3, -0.25) is 19.7 Å². The lowest BCUT2D eigenvalue weighted by molar-refractivity contribution is -0.387. The van der Waals surface area contributed by atoms with Gasteiger partial charge in [-0.1, -0.05) is 26.0 Å². The summed E-state index contributed by atoms with van der Waals surface area (Å²) in [6.07, 6.45) is -3.87. The summed E-state index contributed by atoms with van der Waals surface area (Å²) >= 11 is 0.938. The van der Waals surface area contributed by atoms with Gasteiger partial charge in [0.1, 0.15) is 0 Å². The number of carbonyl (C=O) groups is 2. The predicted molar refractivity (Wildman–Crippen MR) is 116 cm³/mol. The fourth-order valence-electron chi connectivity index (χ4n) is 2.65.